The molecule has 1 N–H and O–H groups in total. The lowest BCUT2D eigenvalue weighted by molar-refractivity contribution is -0.384. The quantitative estimate of drug-likeness (QED) is 0.690. The first-order valence-corrected chi connectivity index (χ1v) is 7.99. The molecule has 110 valence electrons. The molecule has 0 saturated heterocycles. The van der Waals surface area contributed by atoms with Crippen LogP contribution in [0.15, 0.2) is 24.3 Å². The highest BCUT2D eigenvalue weighted by molar-refractivity contribution is 7.15. The van der Waals surface area contributed by atoms with Gasteiger partial charge in [-0.1, -0.05) is 19.1 Å². The maximum Gasteiger partial charge on any atom is 0.279 e. The second-order valence-electron chi connectivity index (χ2n) is 5.10. The van der Waals surface area contributed by atoms with Crippen LogP contribution in [0.4, 0.5) is 5.69 Å². The van der Waals surface area contributed by atoms with Gasteiger partial charge in [0.15, 0.2) is 0 Å². The standard InChI is InChI=1S/C15H17N3O2S/c1-2-16-11-7-5-9-13-14(11)17-15(21-13)10-6-3-4-8-12(10)18(19)20/h3-4,6,8,11,16H,2,5,7,9H2,1H3. The number of nitrogens with one attached hydrogen (secondary N) is 1. The van der Waals surface area contributed by atoms with Crippen molar-refractivity contribution in [1.29, 1.82) is 0 Å². The number of nitro groups is 1. The minimum absolute atomic E-state index is 0.128. The summed E-state index contributed by atoms with van der Waals surface area (Å²) in [4.78, 5) is 16.8. The minimum atomic E-state index is -0.336. The van der Waals surface area contributed by atoms with Crippen molar-refractivity contribution < 1.29 is 4.92 Å². The lowest BCUT2D eigenvalue weighted by Gasteiger charge is -2.21. The second kappa shape index (κ2) is 5.91. The van der Waals surface area contributed by atoms with Crippen LogP contribution in [-0.4, -0.2) is 16.5 Å². The van der Waals surface area contributed by atoms with Crippen molar-refractivity contribution in [1.82, 2.24) is 10.3 Å². The SMILES string of the molecule is CCNC1CCCc2sc(-c3ccccc3[N+](=O)[O-])nc21. The monoisotopic (exact) mass is 303 g/mol. The van der Waals surface area contributed by atoms with Gasteiger partial charge in [-0.3, -0.25) is 10.1 Å². The van der Waals surface area contributed by atoms with E-state index >= 15 is 0 Å². The van der Waals surface area contributed by atoms with E-state index in [2.05, 4.69) is 12.2 Å². The van der Waals surface area contributed by atoms with Crippen molar-refractivity contribution in [3.63, 3.8) is 0 Å². The number of aromatic nitrogens is 1. The van der Waals surface area contributed by atoms with E-state index in [4.69, 9.17) is 4.98 Å². The molecule has 1 atom stereocenters. The number of hydrogen-bond donors (Lipinski definition) is 1. The third kappa shape index (κ3) is 2.69. The average Bonchev–Trinajstić information content (AvgIpc) is 2.92. The Bertz CT molecular complexity index is 669. The van der Waals surface area contributed by atoms with E-state index in [0.29, 0.717) is 5.56 Å². The highest BCUT2D eigenvalue weighted by atomic mass is 32.1. The lowest BCUT2D eigenvalue weighted by Crippen LogP contribution is -2.24. The van der Waals surface area contributed by atoms with Crippen LogP contribution in [-0.2, 0) is 6.42 Å². The van der Waals surface area contributed by atoms with E-state index in [0.717, 1.165) is 36.5 Å². The maximum absolute atomic E-state index is 11.2. The summed E-state index contributed by atoms with van der Waals surface area (Å²) in [7, 11) is 0. The summed E-state index contributed by atoms with van der Waals surface area (Å²) in [5.74, 6) is 0. The van der Waals surface area contributed by atoms with Crippen LogP contribution >= 0.6 is 11.3 Å². The number of benzene rings is 1. The van der Waals surface area contributed by atoms with Crippen molar-refractivity contribution in [3.8, 4) is 10.6 Å². The molecule has 3 rings (SSSR count). The Hall–Kier alpha value is -1.79. The van der Waals surface area contributed by atoms with Crippen LogP contribution in [0.1, 0.15) is 36.4 Å². The first-order valence-electron chi connectivity index (χ1n) is 7.17. The van der Waals surface area contributed by atoms with Gasteiger partial charge in [-0.05, 0) is 31.9 Å². The fraction of sp³-hybridized carbons (Fsp3) is 0.400. The fourth-order valence-corrected chi connectivity index (χ4v) is 3.99. The van der Waals surface area contributed by atoms with Crippen molar-refractivity contribution >= 4 is 17.0 Å². The van der Waals surface area contributed by atoms with Gasteiger partial charge in [0, 0.05) is 10.9 Å². The molecule has 6 heteroatoms. The Morgan fingerprint density at radius 3 is 3.05 bits per heavy atom. The predicted molar refractivity (Wildman–Crippen MR) is 83.6 cm³/mol. The van der Waals surface area contributed by atoms with Crippen molar-refractivity contribution in [2.75, 3.05) is 6.54 Å². The second-order valence-corrected chi connectivity index (χ2v) is 6.19. The third-order valence-electron chi connectivity index (χ3n) is 3.74. The topological polar surface area (TPSA) is 68.1 Å². The van der Waals surface area contributed by atoms with Gasteiger partial charge in [0.2, 0.25) is 0 Å². The molecule has 0 spiro atoms. The molecule has 0 bridgehead atoms. The highest BCUT2D eigenvalue weighted by Gasteiger charge is 2.26. The van der Waals surface area contributed by atoms with Gasteiger partial charge in [-0.25, -0.2) is 4.98 Å². The van der Waals surface area contributed by atoms with Crippen LogP contribution in [0.3, 0.4) is 0 Å². The smallest absolute Gasteiger partial charge is 0.279 e. The molecule has 1 aromatic heterocycles. The predicted octanol–water partition coefficient (Wildman–Crippen LogP) is 3.71. The Morgan fingerprint density at radius 2 is 2.29 bits per heavy atom. The maximum atomic E-state index is 11.2. The molecular weight excluding hydrogens is 286 g/mol. The Labute approximate surface area is 127 Å². The molecule has 0 aliphatic heterocycles. The van der Waals surface area contributed by atoms with Gasteiger partial charge < -0.3 is 5.32 Å². The zero-order chi connectivity index (χ0) is 14.8. The van der Waals surface area contributed by atoms with E-state index in [1.807, 2.05) is 6.07 Å². The van der Waals surface area contributed by atoms with Gasteiger partial charge in [-0.15, -0.1) is 11.3 Å². The normalized spacial score (nSPS) is 17.5. The minimum Gasteiger partial charge on any atom is -0.309 e. The number of thiazole rings is 1. The molecule has 5 nitrogen and oxygen atoms in total. The van der Waals surface area contributed by atoms with Crippen LogP contribution in [0.5, 0.6) is 0 Å². The number of para-hydroxylation sites is 1. The van der Waals surface area contributed by atoms with Gasteiger partial charge in [0.25, 0.3) is 5.69 Å². The Balaban J connectivity index is 2.04. The van der Waals surface area contributed by atoms with E-state index in [9.17, 15) is 10.1 Å². The van der Waals surface area contributed by atoms with Gasteiger partial charge in [0.05, 0.1) is 22.2 Å². The van der Waals surface area contributed by atoms with Crippen LogP contribution < -0.4 is 5.32 Å². The fourth-order valence-electron chi connectivity index (χ4n) is 2.79. The molecule has 0 fully saturated rings. The van der Waals surface area contributed by atoms with E-state index in [1.165, 1.54) is 10.9 Å². The summed E-state index contributed by atoms with van der Waals surface area (Å²) in [5.41, 5.74) is 1.84. The molecular formula is C15H17N3O2S. The number of aryl methyl sites for hydroxylation is 1. The number of nitrogens with zero attached hydrogens (tertiary/aromatic N) is 2. The van der Waals surface area contributed by atoms with Crippen LogP contribution in [0, 0.1) is 10.1 Å². The Morgan fingerprint density at radius 1 is 1.48 bits per heavy atom. The van der Waals surface area contributed by atoms with Crippen molar-refractivity contribution in [2.45, 2.75) is 32.2 Å². The first-order chi connectivity index (χ1) is 10.2. The van der Waals surface area contributed by atoms with Crippen molar-refractivity contribution in [3.05, 3.63) is 45.0 Å². The van der Waals surface area contributed by atoms with E-state index in [1.54, 1.807) is 23.5 Å². The van der Waals surface area contributed by atoms with Crippen LogP contribution in [0.25, 0.3) is 10.6 Å². The number of fused-ring (bicyclic) bond motifs is 1. The molecule has 1 unspecified atom stereocenters. The number of rotatable bonds is 4. The van der Waals surface area contributed by atoms with Crippen molar-refractivity contribution in [2.24, 2.45) is 0 Å². The Kier molecular flexibility index (Phi) is 3.98. The lowest BCUT2D eigenvalue weighted by atomic mass is 9.97. The van der Waals surface area contributed by atoms with Gasteiger partial charge >= 0.3 is 0 Å². The molecule has 1 heterocycles. The summed E-state index contributed by atoms with van der Waals surface area (Å²) >= 11 is 1.59. The molecule has 1 aliphatic carbocycles. The summed E-state index contributed by atoms with van der Waals surface area (Å²) in [6.45, 7) is 2.99. The van der Waals surface area contributed by atoms with Crippen LogP contribution in [0.2, 0.25) is 0 Å². The first kappa shape index (κ1) is 14.2. The molecule has 0 amide bonds. The van der Waals surface area contributed by atoms with E-state index in [-0.39, 0.29) is 16.7 Å². The summed E-state index contributed by atoms with van der Waals surface area (Å²) in [6.07, 6.45) is 3.25. The largest absolute Gasteiger partial charge is 0.309 e. The van der Waals surface area contributed by atoms with Gasteiger partial charge in [0.1, 0.15) is 5.01 Å². The number of hydrogen-bond acceptors (Lipinski definition) is 5. The molecule has 1 aliphatic rings. The number of nitro benzene ring substituents is 1. The zero-order valence-electron chi connectivity index (χ0n) is 11.8. The molecule has 0 saturated carbocycles. The average molecular weight is 303 g/mol. The summed E-state index contributed by atoms with van der Waals surface area (Å²) < 4.78 is 0. The molecule has 0 radical (unpaired) electrons. The van der Waals surface area contributed by atoms with E-state index < -0.39 is 0 Å². The molecule has 2 aromatic rings. The highest BCUT2D eigenvalue weighted by Crippen LogP contribution is 2.39. The third-order valence-corrected chi connectivity index (χ3v) is 4.90. The molecule has 1 aromatic carbocycles. The summed E-state index contributed by atoms with van der Waals surface area (Å²) in [5, 5.41) is 15.4. The molecule has 21 heavy (non-hydrogen) atoms. The zero-order valence-corrected chi connectivity index (χ0v) is 12.7. The van der Waals surface area contributed by atoms with Gasteiger partial charge in [-0.2, -0.15) is 0 Å². The summed E-state index contributed by atoms with van der Waals surface area (Å²) in [6, 6.07) is 7.12.